The van der Waals surface area contributed by atoms with Crippen LogP contribution in [-0.4, -0.2) is 22.5 Å². The zero-order valence-corrected chi connectivity index (χ0v) is 21.4. The van der Waals surface area contributed by atoms with E-state index in [1.807, 2.05) is 79.7 Å². The highest BCUT2D eigenvalue weighted by molar-refractivity contribution is 5.92. The first kappa shape index (κ1) is 24.9. The minimum atomic E-state index is -0.225. The zero-order valence-electron chi connectivity index (χ0n) is 21.4. The maximum absolute atomic E-state index is 12.7. The second-order valence-corrected chi connectivity index (χ2v) is 9.84. The Kier molecular flexibility index (Phi) is 7.34. The van der Waals surface area contributed by atoms with Crippen molar-refractivity contribution in [1.82, 2.24) is 9.97 Å². The highest BCUT2D eigenvalue weighted by Crippen LogP contribution is 2.32. The molecule has 6 nitrogen and oxygen atoms in total. The molecule has 0 fully saturated rings. The van der Waals surface area contributed by atoms with E-state index < -0.39 is 0 Å². The lowest BCUT2D eigenvalue weighted by Crippen LogP contribution is -2.22. The third kappa shape index (κ3) is 6.48. The Balaban J connectivity index is 1.43. The van der Waals surface area contributed by atoms with Crippen LogP contribution in [0.15, 0.2) is 78.9 Å². The van der Waals surface area contributed by atoms with Crippen molar-refractivity contribution in [3.63, 3.8) is 0 Å². The van der Waals surface area contributed by atoms with Gasteiger partial charge in [0.05, 0.1) is 5.69 Å². The van der Waals surface area contributed by atoms with E-state index in [-0.39, 0.29) is 17.9 Å². The molecule has 0 aliphatic carbocycles. The monoisotopic (exact) mass is 480 g/mol. The number of carbonyl (C=O) groups is 1. The molecule has 0 aliphatic rings. The number of aryl methyl sites for hydroxylation is 2. The molecular weight excluding hydrogens is 448 g/mol. The molecule has 0 unspecified atom stereocenters. The van der Waals surface area contributed by atoms with Gasteiger partial charge in [0.25, 0.3) is 5.91 Å². The molecule has 0 saturated heterocycles. The Bertz CT molecular complexity index is 1360. The number of amides is 1. The van der Waals surface area contributed by atoms with Crippen molar-refractivity contribution in [2.24, 2.45) is 0 Å². The quantitative estimate of drug-likeness (QED) is 0.304. The van der Waals surface area contributed by atoms with Crippen molar-refractivity contribution < 1.29 is 9.53 Å². The smallest absolute Gasteiger partial charge is 0.262 e. The van der Waals surface area contributed by atoms with Crippen molar-refractivity contribution in [3.8, 4) is 17.0 Å². The Morgan fingerprint density at radius 1 is 0.861 bits per heavy atom. The first-order valence-electron chi connectivity index (χ1n) is 12.0. The average Bonchev–Trinajstić information content (AvgIpc) is 2.83. The standard InChI is InChI=1S/C30H32N4O2/c1-20-14-15-27(25(16-20)30(3,4)5)36-19-29(35)34-24-13-9-12-23(17-24)33-28-18-26(31-21(2)32-28)22-10-7-6-8-11-22/h6-18H,19H2,1-5H3,(H,34,35)(H,31,32,33). The summed E-state index contributed by atoms with van der Waals surface area (Å²) in [5.74, 6) is 1.86. The van der Waals surface area contributed by atoms with Gasteiger partial charge in [-0.25, -0.2) is 9.97 Å². The molecular formula is C30H32N4O2. The molecule has 1 amide bonds. The lowest BCUT2D eigenvalue weighted by atomic mass is 9.85. The molecule has 0 atom stereocenters. The van der Waals surface area contributed by atoms with Crippen molar-refractivity contribution in [1.29, 1.82) is 0 Å². The van der Waals surface area contributed by atoms with Gasteiger partial charge in [0.2, 0.25) is 0 Å². The fourth-order valence-electron chi connectivity index (χ4n) is 3.91. The summed E-state index contributed by atoms with van der Waals surface area (Å²) in [5, 5.41) is 6.24. The molecule has 0 aliphatic heterocycles. The summed E-state index contributed by atoms with van der Waals surface area (Å²) >= 11 is 0. The van der Waals surface area contributed by atoms with E-state index in [0.717, 1.165) is 33.8 Å². The Morgan fingerprint density at radius 3 is 2.36 bits per heavy atom. The maximum Gasteiger partial charge on any atom is 0.262 e. The van der Waals surface area contributed by atoms with E-state index in [1.54, 1.807) is 0 Å². The molecule has 1 heterocycles. The first-order chi connectivity index (χ1) is 17.2. The fraction of sp³-hybridized carbons (Fsp3) is 0.233. The van der Waals surface area contributed by atoms with Crippen LogP contribution in [0.4, 0.5) is 17.2 Å². The normalized spacial score (nSPS) is 11.1. The number of nitrogens with zero attached hydrogens (tertiary/aromatic N) is 2. The molecule has 6 heteroatoms. The van der Waals surface area contributed by atoms with Crippen LogP contribution < -0.4 is 15.4 Å². The predicted molar refractivity (Wildman–Crippen MR) is 146 cm³/mol. The number of hydrogen-bond donors (Lipinski definition) is 2. The third-order valence-electron chi connectivity index (χ3n) is 5.63. The summed E-state index contributed by atoms with van der Waals surface area (Å²) in [6.45, 7) is 10.3. The second-order valence-electron chi connectivity index (χ2n) is 9.84. The summed E-state index contributed by atoms with van der Waals surface area (Å²) in [6, 6.07) is 25.4. The summed E-state index contributed by atoms with van der Waals surface area (Å²) in [6.07, 6.45) is 0. The van der Waals surface area contributed by atoms with Crippen LogP contribution in [0.5, 0.6) is 5.75 Å². The van der Waals surface area contributed by atoms with Crippen LogP contribution in [0.25, 0.3) is 11.3 Å². The molecule has 0 radical (unpaired) electrons. The molecule has 4 rings (SSSR count). The molecule has 2 N–H and O–H groups in total. The van der Waals surface area contributed by atoms with E-state index in [9.17, 15) is 4.79 Å². The van der Waals surface area contributed by atoms with Gasteiger partial charge in [0.15, 0.2) is 6.61 Å². The van der Waals surface area contributed by atoms with Gasteiger partial charge in [-0.15, -0.1) is 0 Å². The Morgan fingerprint density at radius 2 is 1.61 bits per heavy atom. The maximum atomic E-state index is 12.7. The average molecular weight is 481 g/mol. The molecule has 0 spiro atoms. The number of rotatable bonds is 7. The van der Waals surface area contributed by atoms with E-state index in [1.165, 1.54) is 0 Å². The summed E-state index contributed by atoms with van der Waals surface area (Å²) < 4.78 is 5.90. The first-order valence-corrected chi connectivity index (χ1v) is 12.0. The number of ether oxygens (including phenoxy) is 1. The van der Waals surface area contributed by atoms with Gasteiger partial charge < -0.3 is 15.4 Å². The van der Waals surface area contributed by atoms with Crippen molar-refractivity contribution >= 4 is 23.1 Å². The topological polar surface area (TPSA) is 76.1 Å². The van der Waals surface area contributed by atoms with Crippen LogP contribution >= 0.6 is 0 Å². The highest BCUT2D eigenvalue weighted by atomic mass is 16.5. The van der Waals surface area contributed by atoms with Crippen LogP contribution in [0.3, 0.4) is 0 Å². The molecule has 3 aromatic carbocycles. The number of nitrogens with one attached hydrogen (secondary N) is 2. The lowest BCUT2D eigenvalue weighted by Gasteiger charge is -2.23. The SMILES string of the molecule is Cc1ccc(OCC(=O)Nc2cccc(Nc3cc(-c4ccccc4)nc(C)n3)c2)c(C(C)(C)C)c1. The van der Waals surface area contributed by atoms with Gasteiger partial charge in [0.1, 0.15) is 17.4 Å². The van der Waals surface area contributed by atoms with Crippen molar-refractivity contribution in [2.45, 2.75) is 40.0 Å². The van der Waals surface area contributed by atoms with Gasteiger partial charge in [-0.2, -0.15) is 0 Å². The van der Waals surface area contributed by atoms with Gasteiger partial charge >= 0.3 is 0 Å². The van der Waals surface area contributed by atoms with E-state index in [2.05, 4.69) is 54.4 Å². The van der Waals surface area contributed by atoms with Crippen LogP contribution in [0.1, 0.15) is 37.7 Å². The zero-order chi connectivity index (χ0) is 25.7. The molecule has 4 aromatic rings. The number of benzene rings is 3. The molecule has 184 valence electrons. The van der Waals surface area contributed by atoms with Crippen LogP contribution in [-0.2, 0) is 10.2 Å². The number of hydrogen-bond acceptors (Lipinski definition) is 5. The lowest BCUT2D eigenvalue weighted by molar-refractivity contribution is -0.118. The van der Waals surface area contributed by atoms with Gasteiger partial charge in [-0.1, -0.05) is 74.9 Å². The van der Waals surface area contributed by atoms with Crippen LogP contribution in [0.2, 0.25) is 0 Å². The highest BCUT2D eigenvalue weighted by Gasteiger charge is 2.19. The number of anilines is 3. The van der Waals surface area contributed by atoms with Gasteiger partial charge in [-0.3, -0.25) is 4.79 Å². The fourth-order valence-corrected chi connectivity index (χ4v) is 3.91. The van der Waals surface area contributed by atoms with E-state index in [4.69, 9.17) is 4.74 Å². The Hall–Kier alpha value is -4.19. The number of aromatic nitrogens is 2. The van der Waals surface area contributed by atoms with E-state index >= 15 is 0 Å². The summed E-state index contributed by atoms with van der Waals surface area (Å²) in [5.41, 5.74) is 5.50. The second kappa shape index (κ2) is 10.6. The minimum Gasteiger partial charge on any atom is -0.483 e. The van der Waals surface area contributed by atoms with Gasteiger partial charge in [-0.05, 0) is 49.1 Å². The van der Waals surface area contributed by atoms with E-state index in [0.29, 0.717) is 17.3 Å². The van der Waals surface area contributed by atoms with Crippen molar-refractivity contribution in [2.75, 3.05) is 17.2 Å². The Labute approximate surface area is 212 Å². The van der Waals surface area contributed by atoms with Crippen molar-refractivity contribution in [3.05, 3.63) is 95.8 Å². The van der Waals surface area contributed by atoms with Gasteiger partial charge in [0, 0.05) is 23.0 Å². The number of carbonyl (C=O) groups excluding carboxylic acids is 1. The third-order valence-corrected chi connectivity index (χ3v) is 5.63. The van der Waals surface area contributed by atoms with Crippen LogP contribution in [0, 0.1) is 13.8 Å². The minimum absolute atomic E-state index is 0.0741. The molecule has 0 saturated carbocycles. The molecule has 0 bridgehead atoms. The molecule has 1 aromatic heterocycles. The predicted octanol–water partition coefficient (Wildman–Crippen LogP) is 6.82. The molecule has 36 heavy (non-hydrogen) atoms. The summed E-state index contributed by atoms with van der Waals surface area (Å²) in [4.78, 5) is 21.7. The summed E-state index contributed by atoms with van der Waals surface area (Å²) in [7, 11) is 0. The largest absolute Gasteiger partial charge is 0.483 e.